The molecule has 0 radical (unpaired) electrons. The fourth-order valence-corrected chi connectivity index (χ4v) is 3.08. The molecule has 0 saturated carbocycles. The number of rotatable bonds is 5. The number of benzene rings is 1. The lowest BCUT2D eigenvalue weighted by Crippen LogP contribution is -2.37. The van der Waals surface area contributed by atoms with Crippen LogP contribution in [0.2, 0.25) is 0 Å². The third kappa shape index (κ3) is 3.18. The number of hydrogen-bond acceptors (Lipinski definition) is 4. The van der Waals surface area contributed by atoms with Crippen LogP contribution < -0.4 is 10.2 Å². The van der Waals surface area contributed by atoms with E-state index in [1.807, 2.05) is 44.2 Å². The van der Waals surface area contributed by atoms with E-state index in [4.69, 9.17) is 4.52 Å². The van der Waals surface area contributed by atoms with Crippen molar-refractivity contribution in [3.63, 3.8) is 0 Å². The highest BCUT2D eigenvalue weighted by atomic mass is 16.5. The fraction of sp³-hybridized carbons (Fsp3) is 0.389. The van der Waals surface area contributed by atoms with Gasteiger partial charge in [0.2, 0.25) is 11.8 Å². The van der Waals surface area contributed by atoms with Gasteiger partial charge >= 0.3 is 0 Å². The molecule has 1 aliphatic rings. The number of aromatic nitrogens is 1. The molecule has 0 aliphatic carbocycles. The van der Waals surface area contributed by atoms with Crippen LogP contribution in [0.5, 0.6) is 0 Å². The Labute approximate surface area is 140 Å². The van der Waals surface area contributed by atoms with Crippen LogP contribution in [0, 0.1) is 19.8 Å². The number of hydrogen-bond donors (Lipinski definition) is 1. The van der Waals surface area contributed by atoms with Gasteiger partial charge in [0.05, 0.1) is 5.69 Å². The third-order valence-corrected chi connectivity index (χ3v) is 4.45. The first-order valence-corrected chi connectivity index (χ1v) is 8.14. The monoisotopic (exact) mass is 327 g/mol. The van der Waals surface area contributed by atoms with E-state index >= 15 is 0 Å². The molecule has 1 aliphatic heterocycles. The van der Waals surface area contributed by atoms with Gasteiger partial charge in [-0.15, -0.1) is 0 Å². The predicted molar refractivity (Wildman–Crippen MR) is 89.6 cm³/mol. The molecule has 2 amide bonds. The summed E-state index contributed by atoms with van der Waals surface area (Å²) < 4.78 is 5.11. The van der Waals surface area contributed by atoms with Crippen molar-refractivity contribution < 1.29 is 14.1 Å². The van der Waals surface area contributed by atoms with Crippen LogP contribution in [0.3, 0.4) is 0 Å². The normalized spacial score (nSPS) is 17.3. The van der Waals surface area contributed by atoms with Gasteiger partial charge < -0.3 is 14.7 Å². The molecule has 0 spiro atoms. The van der Waals surface area contributed by atoms with Crippen LogP contribution in [0.25, 0.3) is 0 Å². The molecular formula is C18H21N3O3. The van der Waals surface area contributed by atoms with Gasteiger partial charge in [-0.25, -0.2) is 0 Å². The molecule has 1 saturated heterocycles. The molecule has 24 heavy (non-hydrogen) atoms. The zero-order valence-electron chi connectivity index (χ0n) is 13.9. The van der Waals surface area contributed by atoms with Gasteiger partial charge in [-0.1, -0.05) is 23.4 Å². The minimum atomic E-state index is -0.602. The number of para-hydroxylation sites is 1. The van der Waals surface area contributed by atoms with Crippen molar-refractivity contribution in [1.29, 1.82) is 0 Å². The molecular weight excluding hydrogens is 306 g/mol. The Bertz CT molecular complexity index is 720. The molecule has 1 fully saturated rings. The van der Waals surface area contributed by atoms with E-state index in [1.54, 1.807) is 4.90 Å². The highest BCUT2D eigenvalue weighted by Crippen LogP contribution is 2.25. The van der Waals surface area contributed by atoms with E-state index in [-0.39, 0.29) is 11.8 Å². The molecule has 0 bridgehead atoms. The lowest BCUT2D eigenvalue weighted by atomic mass is 10.1. The fourth-order valence-electron chi connectivity index (χ4n) is 3.08. The number of nitrogens with one attached hydrogen (secondary N) is 1. The summed E-state index contributed by atoms with van der Waals surface area (Å²) in [7, 11) is 0. The first kappa shape index (κ1) is 16.2. The van der Waals surface area contributed by atoms with Crippen LogP contribution >= 0.6 is 0 Å². The van der Waals surface area contributed by atoms with Crippen LogP contribution in [0.1, 0.15) is 23.4 Å². The summed E-state index contributed by atoms with van der Waals surface area (Å²) in [5, 5.41) is 6.76. The highest BCUT2D eigenvalue weighted by molar-refractivity contribution is 6.09. The Kier molecular flexibility index (Phi) is 4.64. The van der Waals surface area contributed by atoms with E-state index in [9.17, 15) is 9.59 Å². The highest BCUT2D eigenvalue weighted by Gasteiger charge is 2.37. The second kappa shape index (κ2) is 6.86. The van der Waals surface area contributed by atoms with Gasteiger partial charge in [0.25, 0.3) is 0 Å². The molecule has 1 N–H and O–H groups in total. The van der Waals surface area contributed by atoms with Crippen LogP contribution in [0.4, 0.5) is 5.69 Å². The maximum Gasteiger partial charge on any atom is 0.239 e. The lowest BCUT2D eigenvalue weighted by Gasteiger charge is -2.16. The second-order valence-electron chi connectivity index (χ2n) is 6.01. The second-order valence-corrected chi connectivity index (χ2v) is 6.01. The molecule has 6 nitrogen and oxygen atoms in total. The van der Waals surface area contributed by atoms with E-state index < -0.39 is 5.92 Å². The average molecular weight is 327 g/mol. The predicted octanol–water partition coefficient (Wildman–Crippen LogP) is 2.00. The zero-order chi connectivity index (χ0) is 17.1. The maximum absolute atomic E-state index is 12.5. The summed E-state index contributed by atoms with van der Waals surface area (Å²) in [6.45, 7) is 4.78. The molecule has 1 aromatic heterocycles. The number of aryl methyl sites for hydroxylation is 2. The number of nitrogens with zero attached hydrogens (tertiary/aromatic N) is 2. The summed E-state index contributed by atoms with van der Waals surface area (Å²) in [4.78, 5) is 26.5. The van der Waals surface area contributed by atoms with Gasteiger partial charge in [-0.3, -0.25) is 9.59 Å². The van der Waals surface area contributed by atoms with Crippen LogP contribution in [-0.2, 0) is 16.0 Å². The summed E-state index contributed by atoms with van der Waals surface area (Å²) in [6, 6.07) is 9.45. The first-order chi connectivity index (χ1) is 11.6. The summed E-state index contributed by atoms with van der Waals surface area (Å²) >= 11 is 0. The summed E-state index contributed by atoms with van der Waals surface area (Å²) in [6.07, 6.45) is 1.20. The number of carbonyl (C=O) groups is 2. The standard InChI is InChI=1S/C18H21N3O3/c1-12-15(13(2)24-20-12)8-10-19-17(22)16-9-11-21(18(16)23)14-6-4-3-5-7-14/h3-7,16H,8-11H2,1-2H3,(H,19,22)/t16-/m0/s1. The minimum absolute atomic E-state index is 0.129. The van der Waals surface area contributed by atoms with Gasteiger partial charge in [0.15, 0.2) is 0 Å². The Morgan fingerprint density at radius 3 is 2.75 bits per heavy atom. The zero-order valence-corrected chi connectivity index (χ0v) is 13.9. The quantitative estimate of drug-likeness (QED) is 0.852. The van der Waals surface area contributed by atoms with Crippen molar-refractivity contribution in [2.75, 3.05) is 18.0 Å². The third-order valence-electron chi connectivity index (χ3n) is 4.45. The van der Waals surface area contributed by atoms with Gasteiger partial charge in [0.1, 0.15) is 11.7 Å². The molecule has 2 heterocycles. The molecule has 1 aromatic carbocycles. The Morgan fingerprint density at radius 1 is 1.33 bits per heavy atom. The molecule has 2 aromatic rings. The van der Waals surface area contributed by atoms with E-state index in [0.717, 1.165) is 22.7 Å². The maximum atomic E-state index is 12.5. The van der Waals surface area contributed by atoms with Crippen LogP contribution in [-0.4, -0.2) is 30.1 Å². The van der Waals surface area contributed by atoms with Crippen molar-refractivity contribution in [1.82, 2.24) is 10.5 Å². The summed E-state index contributed by atoms with van der Waals surface area (Å²) in [5.41, 5.74) is 2.70. The molecule has 3 rings (SSSR count). The SMILES string of the molecule is Cc1noc(C)c1CCNC(=O)[C@@H]1CCN(c2ccccc2)C1=O. The van der Waals surface area contributed by atoms with Crippen LogP contribution in [0.15, 0.2) is 34.9 Å². The lowest BCUT2D eigenvalue weighted by molar-refractivity contribution is -0.132. The smallest absolute Gasteiger partial charge is 0.239 e. The average Bonchev–Trinajstić information content (AvgIpc) is 3.12. The molecule has 6 heteroatoms. The minimum Gasteiger partial charge on any atom is -0.361 e. The summed E-state index contributed by atoms with van der Waals surface area (Å²) in [5.74, 6) is -0.162. The Balaban J connectivity index is 1.55. The molecule has 1 atom stereocenters. The number of anilines is 1. The number of amides is 2. The molecule has 126 valence electrons. The Hall–Kier alpha value is -2.63. The van der Waals surface area contributed by atoms with E-state index in [0.29, 0.717) is 25.9 Å². The van der Waals surface area contributed by atoms with Gasteiger partial charge in [0, 0.05) is 24.3 Å². The topological polar surface area (TPSA) is 75.4 Å². The molecule has 0 unspecified atom stereocenters. The van der Waals surface area contributed by atoms with Crippen molar-refractivity contribution in [2.24, 2.45) is 5.92 Å². The van der Waals surface area contributed by atoms with E-state index in [1.165, 1.54) is 0 Å². The van der Waals surface area contributed by atoms with Crippen molar-refractivity contribution >= 4 is 17.5 Å². The first-order valence-electron chi connectivity index (χ1n) is 8.14. The van der Waals surface area contributed by atoms with Gasteiger partial charge in [-0.05, 0) is 38.8 Å². The van der Waals surface area contributed by atoms with E-state index in [2.05, 4.69) is 10.5 Å². The van der Waals surface area contributed by atoms with Gasteiger partial charge in [-0.2, -0.15) is 0 Å². The van der Waals surface area contributed by atoms with Crippen molar-refractivity contribution in [3.8, 4) is 0 Å². The Morgan fingerprint density at radius 2 is 2.08 bits per heavy atom. The van der Waals surface area contributed by atoms with Crippen molar-refractivity contribution in [3.05, 3.63) is 47.3 Å². The number of carbonyl (C=O) groups excluding carboxylic acids is 2. The largest absolute Gasteiger partial charge is 0.361 e. The van der Waals surface area contributed by atoms with Crippen molar-refractivity contribution in [2.45, 2.75) is 26.7 Å².